The maximum Gasteiger partial charge on any atom is 0.0584 e. The SMILES string of the molecule is CC[C@H](CO)NCc1ccc(C(C)(C)C)s1. The second kappa shape index (κ2) is 5.80. The molecule has 1 aromatic rings. The highest BCUT2D eigenvalue weighted by molar-refractivity contribution is 7.12. The summed E-state index contributed by atoms with van der Waals surface area (Å²) in [6.45, 7) is 9.87. The normalized spacial score (nSPS) is 14.1. The van der Waals surface area contributed by atoms with Crippen molar-refractivity contribution in [3.8, 4) is 0 Å². The summed E-state index contributed by atoms with van der Waals surface area (Å²) in [7, 11) is 0. The molecule has 0 aliphatic rings. The van der Waals surface area contributed by atoms with E-state index < -0.39 is 0 Å². The van der Waals surface area contributed by atoms with Crippen LogP contribution in [0.1, 0.15) is 43.9 Å². The molecule has 0 bridgehead atoms. The third kappa shape index (κ3) is 3.89. The standard InChI is InChI=1S/C13H23NOS/c1-5-10(9-15)14-8-11-6-7-12(16-11)13(2,3)4/h6-7,10,14-15H,5,8-9H2,1-4H3/t10-/m1/s1. The van der Waals surface area contributed by atoms with Crippen LogP contribution in [0.25, 0.3) is 0 Å². The monoisotopic (exact) mass is 241 g/mol. The molecule has 2 N–H and O–H groups in total. The van der Waals surface area contributed by atoms with Crippen molar-refractivity contribution in [3.63, 3.8) is 0 Å². The smallest absolute Gasteiger partial charge is 0.0584 e. The van der Waals surface area contributed by atoms with Crippen molar-refractivity contribution in [2.24, 2.45) is 0 Å². The highest BCUT2D eigenvalue weighted by Gasteiger charge is 2.16. The van der Waals surface area contributed by atoms with Crippen LogP contribution in [0.2, 0.25) is 0 Å². The third-order valence-corrected chi connectivity index (χ3v) is 4.19. The number of nitrogens with one attached hydrogen (secondary N) is 1. The molecular formula is C13H23NOS. The first-order chi connectivity index (χ1) is 7.47. The molecule has 0 fully saturated rings. The van der Waals surface area contributed by atoms with Crippen LogP contribution in [0.4, 0.5) is 0 Å². The van der Waals surface area contributed by atoms with Crippen LogP contribution >= 0.6 is 11.3 Å². The van der Waals surface area contributed by atoms with Crippen LogP contribution in [0.5, 0.6) is 0 Å². The van der Waals surface area contributed by atoms with E-state index in [2.05, 4.69) is 45.1 Å². The fourth-order valence-electron chi connectivity index (χ4n) is 1.46. The summed E-state index contributed by atoms with van der Waals surface area (Å²) in [6, 6.07) is 4.62. The molecule has 0 saturated carbocycles. The summed E-state index contributed by atoms with van der Waals surface area (Å²) >= 11 is 1.86. The van der Waals surface area contributed by atoms with Gasteiger partial charge in [-0.05, 0) is 24.0 Å². The van der Waals surface area contributed by atoms with Crippen molar-refractivity contribution in [3.05, 3.63) is 21.9 Å². The van der Waals surface area contributed by atoms with Gasteiger partial charge >= 0.3 is 0 Å². The molecule has 0 radical (unpaired) electrons. The first kappa shape index (κ1) is 13.7. The van der Waals surface area contributed by atoms with Gasteiger partial charge in [-0.1, -0.05) is 27.7 Å². The fourth-order valence-corrected chi connectivity index (χ4v) is 2.48. The Balaban J connectivity index is 2.53. The molecule has 1 aromatic heterocycles. The van der Waals surface area contributed by atoms with Crippen LogP contribution in [0.3, 0.4) is 0 Å². The highest BCUT2D eigenvalue weighted by atomic mass is 32.1. The summed E-state index contributed by atoms with van der Waals surface area (Å²) in [4.78, 5) is 2.76. The van der Waals surface area contributed by atoms with Crippen molar-refractivity contribution in [1.29, 1.82) is 0 Å². The average Bonchev–Trinajstić information content (AvgIpc) is 2.67. The van der Waals surface area contributed by atoms with Gasteiger partial charge in [0.2, 0.25) is 0 Å². The minimum absolute atomic E-state index is 0.216. The molecule has 1 heterocycles. The van der Waals surface area contributed by atoms with E-state index in [4.69, 9.17) is 5.11 Å². The Morgan fingerprint density at radius 1 is 1.38 bits per heavy atom. The van der Waals surface area contributed by atoms with E-state index in [-0.39, 0.29) is 18.1 Å². The van der Waals surface area contributed by atoms with Gasteiger partial charge in [-0.2, -0.15) is 0 Å². The molecule has 0 aliphatic carbocycles. The Labute approximate surface area is 103 Å². The lowest BCUT2D eigenvalue weighted by atomic mass is 9.95. The molecule has 0 aromatic carbocycles. The van der Waals surface area contributed by atoms with Gasteiger partial charge in [-0.15, -0.1) is 11.3 Å². The van der Waals surface area contributed by atoms with Gasteiger partial charge in [0.15, 0.2) is 0 Å². The highest BCUT2D eigenvalue weighted by Crippen LogP contribution is 2.29. The molecule has 3 heteroatoms. The molecule has 16 heavy (non-hydrogen) atoms. The first-order valence-corrected chi connectivity index (χ1v) is 6.72. The number of hydrogen-bond acceptors (Lipinski definition) is 3. The lowest BCUT2D eigenvalue weighted by molar-refractivity contribution is 0.238. The van der Waals surface area contributed by atoms with E-state index in [1.165, 1.54) is 9.75 Å². The summed E-state index contributed by atoms with van der Waals surface area (Å²) in [5.74, 6) is 0. The van der Waals surface area contributed by atoms with Gasteiger partial charge < -0.3 is 10.4 Å². The Morgan fingerprint density at radius 2 is 2.06 bits per heavy atom. The topological polar surface area (TPSA) is 32.3 Å². The van der Waals surface area contributed by atoms with E-state index in [0.717, 1.165) is 13.0 Å². The molecule has 1 rings (SSSR count). The zero-order valence-corrected chi connectivity index (χ0v) is 11.5. The molecule has 0 spiro atoms. The van der Waals surface area contributed by atoms with Gasteiger partial charge in [0, 0.05) is 22.3 Å². The van der Waals surface area contributed by atoms with E-state index >= 15 is 0 Å². The van der Waals surface area contributed by atoms with Crippen LogP contribution < -0.4 is 5.32 Å². The molecule has 1 atom stereocenters. The zero-order chi connectivity index (χ0) is 12.2. The van der Waals surface area contributed by atoms with Crippen LogP contribution in [-0.2, 0) is 12.0 Å². The predicted molar refractivity (Wildman–Crippen MR) is 71.0 cm³/mol. The minimum atomic E-state index is 0.216. The lowest BCUT2D eigenvalue weighted by Crippen LogP contribution is -2.30. The lowest BCUT2D eigenvalue weighted by Gasteiger charge is -2.15. The van der Waals surface area contributed by atoms with Crippen LogP contribution in [0.15, 0.2) is 12.1 Å². The van der Waals surface area contributed by atoms with Gasteiger partial charge in [0.25, 0.3) is 0 Å². The fraction of sp³-hybridized carbons (Fsp3) is 0.692. The van der Waals surface area contributed by atoms with Crippen molar-refractivity contribution in [2.75, 3.05) is 6.61 Å². The van der Waals surface area contributed by atoms with Crippen molar-refractivity contribution >= 4 is 11.3 Å². The predicted octanol–water partition coefficient (Wildman–Crippen LogP) is 2.91. The Hall–Kier alpha value is -0.380. The summed E-state index contributed by atoms with van der Waals surface area (Å²) in [5, 5.41) is 12.4. The molecule has 0 unspecified atom stereocenters. The number of rotatable bonds is 5. The third-order valence-electron chi connectivity index (χ3n) is 2.68. The zero-order valence-electron chi connectivity index (χ0n) is 10.7. The number of hydrogen-bond donors (Lipinski definition) is 2. The number of aliphatic hydroxyl groups is 1. The molecule has 0 saturated heterocycles. The van der Waals surface area contributed by atoms with Crippen molar-refractivity contribution in [2.45, 2.75) is 52.1 Å². The van der Waals surface area contributed by atoms with E-state index in [1.807, 2.05) is 11.3 Å². The second-order valence-electron chi connectivity index (χ2n) is 5.18. The maximum atomic E-state index is 9.08. The van der Waals surface area contributed by atoms with Gasteiger partial charge in [0.1, 0.15) is 0 Å². The number of aliphatic hydroxyl groups excluding tert-OH is 1. The van der Waals surface area contributed by atoms with Crippen LogP contribution in [0, 0.1) is 0 Å². The van der Waals surface area contributed by atoms with Gasteiger partial charge in [-0.3, -0.25) is 0 Å². The Kier molecular flexibility index (Phi) is 4.96. The first-order valence-electron chi connectivity index (χ1n) is 5.90. The molecular weight excluding hydrogens is 218 g/mol. The summed E-state index contributed by atoms with van der Waals surface area (Å²) in [6.07, 6.45) is 0.966. The Morgan fingerprint density at radius 3 is 2.50 bits per heavy atom. The molecule has 92 valence electrons. The van der Waals surface area contributed by atoms with E-state index in [0.29, 0.717) is 0 Å². The number of thiophene rings is 1. The maximum absolute atomic E-state index is 9.08. The van der Waals surface area contributed by atoms with Crippen molar-refractivity contribution < 1.29 is 5.11 Å². The summed E-state index contributed by atoms with van der Waals surface area (Å²) in [5.41, 5.74) is 0.240. The van der Waals surface area contributed by atoms with Gasteiger partial charge in [0.05, 0.1) is 6.61 Å². The van der Waals surface area contributed by atoms with Crippen molar-refractivity contribution in [1.82, 2.24) is 5.32 Å². The molecule has 2 nitrogen and oxygen atoms in total. The van der Waals surface area contributed by atoms with Gasteiger partial charge in [-0.25, -0.2) is 0 Å². The van der Waals surface area contributed by atoms with Crippen LogP contribution in [-0.4, -0.2) is 17.8 Å². The van der Waals surface area contributed by atoms with E-state index in [1.54, 1.807) is 0 Å². The average molecular weight is 241 g/mol. The Bertz CT molecular complexity index is 310. The second-order valence-corrected chi connectivity index (χ2v) is 6.35. The quantitative estimate of drug-likeness (QED) is 0.831. The molecule has 0 aliphatic heterocycles. The molecule has 0 amide bonds. The van der Waals surface area contributed by atoms with E-state index in [9.17, 15) is 0 Å². The summed E-state index contributed by atoms with van der Waals surface area (Å²) < 4.78 is 0. The largest absolute Gasteiger partial charge is 0.395 e. The minimum Gasteiger partial charge on any atom is -0.395 e.